The first kappa shape index (κ1) is 22.4. The van der Waals surface area contributed by atoms with E-state index in [0.717, 1.165) is 0 Å². The summed E-state index contributed by atoms with van der Waals surface area (Å²) in [5, 5.41) is 5.10. The third-order valence-electron chi connectivity index (χ3n) is 3.65. The molecule has 0 aliphatic rings. The number of rotatable bonds is 10. The molecule has 0 heterocycles. The Hall–Kier alpha value is -2.91. The lowest BCUT2D eigenvalue weighted by molar-refractivity contribution is -0.127. The van der Waals surface area contributed by atoms with Crippen LogP contribution in [0.15, 0.2) is 59.5 Å². The number of hydrogen-bond donors (Lipinski definition) is 3. The quantitative estimate of drug-likeness (QED) is 0.535. The van der Waals surface area contributed by atoms with Crippen molar-refractivity contribution in [3.8, 4) is 5.75 Å². The molecular formula is C20H25N3O5S. The lowest BCUT2D eigenvalue weighted by Crippen LogP contribution is -2.38. The molecule has 0 atom stereocenters. The SMILES string of the molecule is CC(C)NS(=O)(=O)c1cccc(CNC(=O)CNC(=O)COc2ccccc2)c1. The zero-order valence-electron chi connectivity index (χ0n) is 16.3. The fourth-order valence-corrected chi connectivity index (χ4v) is 3.68. The van der Waals surface area contributed by atoms with Crippen LogP contribution >= 0.6 is 0 Å². The lowest BCUT2D eigenvalue weighted by Gasteiger charge is -2.11. The van der Waals surface area contributed by atoms with E-state index in [2.05, 4.69) is 15.4 Å². The van der Waals surface area contributed by atoms with Crippen molar-refractivity contribution in [3.05, 3.63) is 60.2 Å². The van der Waals surface area contributed by atoms with E-state index >= 15 is 0 Å². The van der Waals surface area contributed by atoms with E-state index in [1.807, 2.05) is 6.07 Å². The minimum Gasteiger partial charge on any atom is -0.484 e. The number of ether oxygens (including phenoxy) is 1. The van der Waals surface area contributed by atoms with Crippen molar-refractivity contribution in [2.75, 3.05) is 13.2 Å². The van der Waals surface area contributed by atoms with Gasteiger partial charge in [-0.05, 0) is 43.7 Å². The molecule has 2 aromatic carbocycles. The third kappa shape index (κ3) is 7.92. The number of carbonyl (C=O) groups excluding carboxylic acids is 2. The Balaban J connectivity index is 1.77. The molecule has 9 heteroatoms. The molecule has 0 radical (unpaired) electrons. The fourth-order valence-electron chi connectivity index (χ4n) is 2.36. The Morgan fingerprint density at radius 1 is 0.966 bits per heavy atom. The number of benzene rings is 2. The first-order chi connectivity index (χ1) is 13.8. The Bertz CT molecular complexity index is 930. The molecule has 0 saturated heterocycles. The van der Waals surface area contributed by atoms with Crippen LogP contribution in [0.2, 0.25) is 0 Å². The topological polar surface area (TPSA) is 114 Å². The molecule has 0 unspecified atom stereocenters. The predicted octanol–water partition coefficient (Wildman–Crippen LogP) is 1.18. The van der Waals surface area contributed by atoms with Crippen molar-refractivity contribution in [2.24, 2.45) is 0 Å². The highest BCUT2D eigenvalue weighted by atomic mass is 32.2. The summed E-state index contributed by atoms with van der Waals surface area (Å²) in [7, 11) is -3.60. The summed E-state index contributed by atoms with van der Waals surface area (Å²) < 4.78 is 32.2. The highest BCUT2D eigenvalue weighted by molar-refractivity contribution is 7.89. The van der Waals surface area contributed by atoms with Crippen LogP contribution in [-0.2, 0) is 26.2 Å². The summed E-state index contributed by atoms with van der Waals surface area (Å²) in [5.41, 5.74) is 0.628. The van der Waals surface area contributed by atoms with Gasteiger partial charge in [0.2, 0.25) is 15.9 Å². The molecule has 3 N–H and O–H groups in total. The van der Waals surface area contributed by atoms with Crippen LogP contribution in [-0.4, -0.2) is 39.4 Å². The first-order valence-electron chi connectivity index (χ1n) is 9.09. The molecule has 156 valence electrons. The summed E-state index contributed by atoms with van der Waals surface area (Å²) in [6.45, 7) is 3.21. The number of amides is 2. The van der Waals surface area contributed by atoms with Crippen molar-refractivity contribution in [3.63, 3.8) is 0 Å². The van der Waals surface area contributed by atoms with Gasteiger partial charge in [-0.25, -0.2) is 13.1 Å². The Kier molecular flexibility index (Phi) is 8.17. The van der Waals surface area contributed by atoms with Gasteiger partial charge in [-0.15, -0.1) is 0 Å². The first-order valence-corrected chi connectivity index (χ1v) is 10.6. The van der Waals surface area contributed by atoms with E-state index in [4.69, 9.17) is 4.74 Å². The Morgan fingerprint density at radius 3 is 2.38 bits per heavy atom. The van der Waals surface area contributed by atoms with Crippen LogP contribution in [0, 0.1) is 0 Å². The summed E-state index contributed by atoms with van der Waals surface area (Å²) in [5.74, 6) is -0.252. The van der Waals surface area contributed by atoms with Crippen LogP contribution in [0.1, 0.15) is 19.4 Å². The lowest BCUT2D eigenvalue weighted by atomic mass is 10.2. The average Bonchev–Trinajstić information content (AvgIpc) is 2.69. The predicted molar refractivity (Wildman–Crippen MR) is 109 cm³/mol. The second kappa shape index (κ2) is 10.6. The standard InChI is InChI=1S/C20H25N3O5S/c1-15(2)23-29(26,27)18-10-6-7-16(11-18)12-21-19(24)13-22-20(25)14-28-17-8-4-3-5-9-17/h3-11,15,23H,12-14H2,1-2H3,(H,21,24)(H,22,25). The highest BCUT2D eigenvalue weighted by Crippen LogP contribution is 2.12. The van der Waals surface area contributed by atoms with Gasteiger partial charge in [-0.2, -0.15) is 0 Å². The molecule has 0 aliphatic heterocycles. The van der Waals surface area contributed by atoms with E-state index in [1.165, 1.54) is 12.1 Å². The molecule has 0 saturated carbocycles. The molecule has 0 spiro atoms. The largest absolute Gasteiger partial charge is 0.484 e. The molecule has 0 aliphatic carbocycles. The number of sulfonamides is 1. The van der Waals surface area contributed by atoms with Gasteiger partial charge in [0.25, 0.3) is 5.91 Å². The maximum atomic E-state index is 12.2. The van der Waals surface area contributed by atoms with Crippen LogP contribution in [0.3, 0.4) is 0 Å². The molecular weight excluding hydrogens is 394 g/mol. The second-order valence-corrected chi connectivity index (χ2v) is 8.29. The molecule has 2 amide bonds. The summed E-state index contributed by atoms with van der Waals surface area (Å²) in [4.78, 5) is 23.8. The summed E-state index contributed by atoms with van der Waals surface area (Å²) in [6, 6.07) is 15.0. The highest BCUT2D eigenvalue weighted by Gasteiger charge is 2.15. The minimum atomic E-state index is -3.60. The van der Waals surface area contributed by atoms with Crippen LogP contribution in [0.4, 0.5) is 0 Å². The van der Waals surface area contributed by atoms with Gasteiger partial charge in [0.1, 0.15) is 5.75 Å². The maximum absolute atomic E-state index is 12.2. The monoisotopic (exact) mass is 419 g/mol. The number of hydrogen-bond acceptors (Lipinski definition) is 5. The summed E-state index contributed by atoms with van der Waals surface area (Å²) >= 11 is 0. The molecule has 8 nitrogen and oxygen atoms in total. The van der Waals surface area contributed by atoms with Crippen LogP contribution < -0.4 is 20.1 Å². The van der Waals surface area contributed by atoms with Gasteiger partial charge >= 0.3 is 0 Å². The van der Waals surface area contributed by atoms with Gasteiger partial charge in [0.05, 0.1) is 11.4 Å². The van der Waals surface area contributed by atoms with E-state index < -0.39 is 21.8 Å². The molecule has 2 aromatic rings. The molecule has 0 bridgehead atoms. The number of carbonyl (C=O) groups is 2. The van der Waals surface area contributed by atoms with Gasteiger partial charge in [0.15, 0.2) is 6.61 Å². The third-order valence-corrected chi connectivity index (χ3v) is 5.30. The zero-order chi connectivity index (χ0) is 21.3. The molecule has 2 rings (SSSR count). The van der Waals surface area contributed by atoms with E-state index in [9.17, 15) is 18.0 Å². The van der Waals surface area contributed by atoms with E-state index in [0.29, 0.717) is 11.3 Å². The van der Waals surface area contributed by atoms with Crippen molar-refractivity contribution in [1.82, 2.24) is 15.4 Å². The van der Waals surface area contributed by atoms with Crippen molar-refractivity contribution in [2.45, 2.75) is 31.3 Å². The van der Waals surface area contributed by atoms with E-state index in [1.54, 1.807) is 50.2 Å². The zero-order valence-corrected chi connectivity index (χ0v) is 17.2. The normalized spacial score (nSPS) is 11.1. The van der Waals surface area contributed by atoms with Gasteiger partial charge < -0.3 is 15.4 Å². The van der Waals surface area contributed by atoms with E-state index in [-0.39, 0.29) is 30.6 Å². The van der Waals surface area contributed by atoms with Crippen LogP contribution in [0.25, 0.3) is 0 Å². The fraction of sp³-hybridized carbons (Fsp3) is 0.300. The second-order valence-electron chi connectivity index (χ2n) is 6.58. The maximum Gasteiger partial charge on any atom is 0.258 e. The van der Waals surface area contributed by atoms with Crippen LogP contribution in [0.5, 0.6) is 5.75 Å². The molecule has 29 heavy (non-hydrogen) atoms. The number of para-hydroxylation sites is 1. The molecule has 0 fully saturated rings. The Labute approximate surface area is 170 Å². The minimum absolute atomic E-state index is 0.129. The van der Waals surface area contributed by atoms with Gasteiger partial charge in [-0.3, -0.25) is 9.59 Å². The smallest absolute Gasteiger partial charge is 0.258 e. The van der Waals surface area contributed by atoms with Crippen molar-refractivity contribution in [1.29, 1.82) is 0 Å². The van der Waals surface area contributed by atoms with Crippen molar-refractivity contribution < 1.29 is 22.7 Å². The summed E-state index contributed by atoms with van der Waals surface area (Å²) in [6.07, 6.45) is 0. The Morgan fingerprint density at radius 2 is 1.69 bits per heavy atom. The van der Waals surface area contributed by atoms with Crippen molar-refractivity contribution >= 4 is 21.8 Å². The van der Waals surface area contributed by atoms with Gasteiger partial charge in [0, 0.05) is 12.6 Å². The van der Waals surface area contributed by atoms with Gasteiger partial charge in [-0.1, -0.05) is 30.3 Å². The number of nitrogens with one attached hydrogen (secondary N) is 3. The average molecular weight is 420 g/mol. The molecule has 0 aromatic heterocycles.